The van der Waals surface area contributed by atoms with Crippen LogP contribution in [0.4, 0.5) is 0 Å². The van der Waals surface area contributed by atoms with Crippen molar-refractivity contribution in [1.82, 2.24) is 15.2 Å². The van der Waals surface area contributed by atoms with E-state index in [0.29, 0.717) is 23.4 Å². The first kappa shape index (κ1) is 16.3. The molecule has 0 radical (unpaired) electrons. The van der Waals surface area contributed by atoms with E-state index in [0.717, 1.165) is 32.5 Å². The smallest absolute Gasteiger partial charge is 0.276 e. The Bertz CT molecular complexity index is 753. The number of aryl methyl sites for hydroxylation is 2. The number of nitrogens with zero attached hydrogens (tertiary/aromatic N) is 2. The summed E-state index contributed by atoms with van der Waals surface area (Å²) in [6.07, 6.45) is 3.53. The molecule has 2 fully saturated rings. The molecule has 2 aliphatic rings. The highest BCUT2D eigenvalue weighted by atomic mass is 16.3. The second kappa shape index (κ2) is 6.64. The number of benzene rings is 1. The van der Waals surface area contributed by atoms with Gasteiger partial charge in [0.05, 0.1) is 0 Å². The molecule has 2 aromatic rings. The molecule has 2 saturated heterocycles. The summed E-state index contributed by atoms with van der Waals surface area (Å²) < 4.78 is 5.25. The summed E-state index contributed by atoms with van der Waals surface area (Å²) >= 11 is 0. The first-order valence-corrected chi connectivity index (χ1v) is 9.20. The highest BCUT2D eigenvalue weighted by Crippen LogP contribution is 2.40. The minimum absolute atomic E-state index is 0.00132. The molecule has 0 saturated carbocycles. The lowest BCUT2D eigenvalue weighted by Gasteiger charge is -2.32. The average molecular weight is 339 g/mol. The number of hydrogen-bond donors (Lipinski definition) is 1. The third-order valence-electron chi connectivity index (χ3n) is 5.72. The van der Waals surface area contributed by atoms with Crippen LogP contribution in [-0.4, -0.2) is 41.5 Å². The summed E-state index contributed by atoms with van der Waals surface area (Å²) in [6.45, 7) is 6.63. The van der Waals surface area contributed by atoms with Gasteiger partial charge >= 0.3 is 0 Å². The molecule has 1 aromatic heterocycles. The number of oxazole rings is 1. The van der Waals surface area contributed by atoms with Gasteiger partial charge in [0.15, 0.2) is 11.6 Å². The summed E-state index contributed by atoms with van der Waals surface area (Å²) in [5, 5.41) is 3.51. The number of likely N-dealkylation sites (tertiary alicyclic amines) is 1. The van der Waals surface area contributed by atoms with Gasteiger partial charge in [0.25, 0.3) is 5.91 Å². The zero-order chi connectivity index (χ0) is 17.4. The summed E-state index contributed by atoms with van der Waals surface area (Å²) in [4.78, 5) is 19.2. The molecule has 1 aromatic carbocycles. The van der Waals surface area contributed by atoms with Crippen molar-refractivity contribution >= 4 is 5.91 Å². The Morgan fingerprint density at radius 2 is 2.16 bits per heavy atom. The summed E-state index contributed by atoms with van der Waals surface area (Å²) in [7, 11) is 0. The van der Waals surface area contributed by atoms with E-state index in [9.17, 15) is 4.79 Å². The molecule has 5 nitrogen and oxygen atoms in total. The Balaban J connectivity index is 1.61. The monoisotopic (exact) mass is 339 g/mol. The maximum absolute atomic E-state index is 13.0. The molecule has 2 aliphatic heterocycles. The minimum Gasteiger partial charge on any atom is -0.448 e. The minimum atomic E-state index is 0.00132. The predicted octanol–water partition coefficient (Wildman–Crippen LogP) is 2.76. The van der Waals surface area contributed by atoms with Gasteiger partial charge < -0.3 is 14.6 Å². The van der Waals surface area contributed by atoms with Crippen molar-refractivity contribution in [2.45, 2.75) is 38.6 Å². The van der Waals surface area contributed by atoms with Gasteiger partial charge in [-0.25, -0.2) is 4.98 Å². The van der Waals surface area contributed by atoms with E-state index in [1.165, 1.54) is 17.4 Å². The van der Waals surface area contributed by atoms with E-state index in [-0.39, 0.29) is 11.9 Å². The van der Waals surface area contributed by atoms with Crippen LogP contribution in [0.1, 0.15) is 46.8 Å². The van der Waals surface area contributed by atoms with E-state index >= 15 is 0 Å². The van der Waals surface area contributed by atoms with Crippen molar-refractivity contribution in [2.75, 3.05) is 19.6 Å². The van der Waals surface area contributed by atoms with Crippen LogP contribution in [0.3, 0.4) is 0 Å². The number of hydrogen-bond acceptors (Lipinski definition) is 4. The lowest BCUT2D eigenvalue weighted by Crippen LogP contribution is -2.46. The standard InChI is InChI=1S/C20H25N3O2/c1-3-14-4-6-15(7-5-14)17-11-23(19-8-9-21-10-16(17)19)20(24)18-12-25-13(2)22-18/h4-7,12,16-17,19,21H,3,8-11H2,1-2H3/t16-,17-,19-/m1/s1. The largest absolute Gasteiger partial charge is 0.448 e. The van der Waals surface area contributed by atoms with Crippen molar-refractivity contribution in [1.29, 1.82) is 0 Å². The molecule has 5 heteroatoms. The van der Waals surface area contributed by atoms with E-state index in [4.69, 9.17) is 4.42 Å². The first-order chi connectivity index (χ1) is 12.2. The molecule has 0 unspecified atom stereocenters. The van der Waals surface area contributed by atoms with Gasteiger partial charge in [0.1, 0.15) is 6.26 Å². The van der Waals surface area contributed by atoms with Gasteiger partial charge in [0.2, 0.25) is 0 Å². The van der Waals surface area contributed by atoms with Gasteiger partial charge in [-0.05, 0) is 30.5 Å². The molecular weight excluding hydrogens is 314 g/mol. The number of piperidine rings is 1. The molecule has 4 rings (SSSR count). The van der Waals surface area contributed by atoms with Crippen molar-refractivity contribution in [3.05, 3.63) is 53.2 Å². The first-order valence-electron chi connectivity index (χ1n) is 9.20. The topological polar surface area (TPSA) is 58.4 Å². The maximum atomic E-state index is 13.0. The van der Waals surface area contributed by atoms with Gasteiger partial charge in [-0.1, -0.05) is 31.2 Å². The van der Waals surface area contributed by atoms with Gasteiger partial charge in [-0.3, -0.25) is 4.79 Å². The zero-order valence-corrected chi connectivity index (χ0v) is 14.9. The van der Waals surface area contributed by atoms with Crippen LogP contribution < -0.4 is 5.32 Å². The van der Waals surface area contributed by atoms with E-state index < -0.39 is 0 Å². The molecule has 3 atom stereocenters. The Labute approximate surface area is 148 Å². The Kier molecular flexibility index (Phi) is 4.34. The Hall–Kier alpha value is -2.14. The molecule has 0 bridgehead atoms. The normalized spacial score (nSPS) is 25.8. The molecule has 25 heavy (non-hydrogen) atoms. The lowest BCUT2D eigenvalue weighted by atomic mass is 9.82. The maximum Gasteiger partial charge on any atom is 0.276 e. The third kappa shape index (κ3) is 2.97. The van der Waals surface area contributed by atoms with Gasteiger partial charge in [-0.2, -0.15) is 0 Å². The van der Waals surface area contributed by atoms with Crippen LogP contribution in [0, 0.1) is 12.8 Å². The van der Waals surface area contributed by atoms with E-state index in [2.05, 4.69) is 41.5 Å². The van der Waals surface area contributed by atoms with Crippen LogP contribution in [0.2, 0.25) is 0 Å². The highest BCUT2D eigenvalue weighted by molar-refractivity contribution is 5.92. The van der Waals surface area contributed by atoms with E-state index in [1.54, 1.807) is 6.92 Å². The van der Waals surface area contributed by atoms with Gasteiger partial charge in [-0.15, -0.1) is 0 Å². The number of amides is 1. The predicted molar refractivity (Wildman–Crippen MR) is 95.6 cm³/mol. The summed E-state index contributed by atoms with van der Waals surface area (Å²) in [5.74, 6) is 1.37. The van der Waals surface area contributed by atoms with Crippen LogP contribution in [0.5, 0.6) is 0 Å². The number of nitrogens with one attached hydrogen (secondary N) is 1. The van der Waals surface area contributed by atoms with Crippen molar-refractivity contribution < 1.29 is 9.21 Å². The number of fused-ring (bicyclic) bond motifs is 1. The molecule has 1 amide bonds. The number of carbonyl (C=O) groups is 1. The van der Waals surface area contributed by atoms with Crippen LogP contribution >= 0.6 is 0 Å². The zero-order valence-electron chi connectivity index (χ0n) is 14.9. The number of rotatable bonds is 3. The molecule has 0 aliphatic carbocycles. The van der Waals surface area contributed by atoms with E-state index in [1.807, 2.05) is 4.90 Å². The highest BCUT2D eigenvalue weighted by Gasteiger charge is 2.45. The SMILES string of the molecule is CCc1ccc([C@H]2CN(C(=O)c3coc(C)n3)[C@@H]3CCNC[C@H]23)cc1. The third-order valence-corrected chi connectivity index (χ3v) is 5.72. The fraction of sp³-hybridized carbons (Fsp3) is 0.500. The van der Waals surface area contributed by atoms with Crippen molar-refractivity contribution in [3.63, 3.8) is 0 Å². The molecule has 132 valence electrons. The van der Waals surface area contributed by atoms with Gasteiger partial charge in [0, 0.05) is 37.9 Å². The quantitative estimate of drug-likeness (QED) is 0.934. The lowest BCUT2D eigenvalue weighted by molar-refractivity contribution is 0.0691. The molecule has 1 N–H and O–H groups in total. The summed E-state index contributed by atoms with van der Waals surface area (Å²) in [6, 6.07) is 9.19. The number of aromatic nitrogens is 1. The Morgan fingerprint density at radius 3 is 2.84 bits per heavy atom. The van der Waals surface area contributed by atoms with Crippen LogP contribution in [-0.2, 0) is 6.42 Å². The molecular formula is C20H25N3O2. The van der Waals surface area contributed by atoms with Crippen LogP contribution in [0.15, 0.2) is 34.9 Å². The number of carbonyl (C=O) groups excluding carboxylic acids is 1. The van der Waals surface area contributed by atoms with Crippen LogP contribution in [0.25, 0.3) is 0 Å². The Morgan fingerprint density at radius 1 is 1.36 bits per heavy atom. The fourth-order valence-corrected chi connectivity index (χ4v) is 4.34. The average Bonchev–Trinajstić information content (AvgIpc) is 3.25. The van der Waals surface area contributed by atoms with Crippen molar-refractivity contribution in [2.24, 2.45) is 5.92 Å². The second-order valence-corrected chi connectivity index (χ2v) is 7.13. The van der Waals surface area contributed by atoms with Crippen molar-refractivity contribution in [3.8, 4) is 0 Å². The second-order valence-electron chi connectivity index (χ2n) is 7.13. The summed E-state index contributed by atoms with van der Waals surface area (Å²) in [5.41, 5.74) is 3.12. The molecule has 0 spiro atoms. The molecule has 3 heterocycles. The fourth-order valence-electron chi connectivity index (χ4n) is 4.34.